The van der Waals surface area contributed by atoms with Gasteiger partial charge in [-0.05, 0) is 24.6 Å². The molecule has 0 unspecified atom stereocenters. The van der Waals surface area contributed by atoms with Gasteiger partial charge in [-0.3, -0.25) is 4.79 Å². The van der Waals surface area contributed by atoms with Crippen molar-refractivity contribution >= 4 is 16.7 Å². The van der Waals surface area contributed by atoms with E-state index in [2.05, 4.69) is 4.98 Å². The van der Waals surface area contributed by atoms with Crippen LogP contribution in [0.4, 0.5) is 0 Å². The SMILES string of the molecule is CC(=O)c1[nH]c2ccccc2c1CCN. The second-order valence-corrected chi connectivity index (χ2v) is 3.62. The average Bonchev–Trinajstić information content (AvgIpc) is 2.58. The zero-order chi connectivity index (χ0) is 10.8. The Balaban J connectivity index is 2.68. The Morgan fingerprint density at radius 2 is 2.13 bits per heavy atom. The summed E-state index contributed by atoms with van der Waals surface area (Å²) in [6, 6.07) is 7.92. The van der Waals surface area contributed by atoms with Gasteiger partial charge in [0.15, 0.2) is 5.78 Å². The predicted octanol–water partition coefficient (Wildman–Crippen LogP) is 1.87. The maximum absolute atomic E-state index is 11.4. The van der Waals surface area contributed by atoms with Gasteiger partial charge in [0.25, 0.3) is 0 Å². The van der Waals surface area contributed by atoms with Crippen molar-refractivity contribution in [1.29, 1.82) is 0 Å². The number of fused-ring (bicyclic) bond motifs is 1. The van der Waals surface area contributed by atoms with Gasteiger partial charge in [0.1, 0.15) is 0 Å². The molecule has 0 bridgehead atoms. The van der Waals surface area contributed by atoms with Crippen LogP contribution in [0.15, 0.2) is 24.3 Å². The van der Waals surface area contributed by atoms with Crippen LogP contribution < -0.4 is 5.73 Å². The maximum atomic E-state index is 11.4. The van der Waals surface area contributed by atoms with Gasteiger partial charge in [-0.2, -0.15) is 0 Å². The van der Waals surface area contributed by atoms with E-state index in [1.807, 2.05) is 24.3 Å². The molecule has 3 nitrogen and oxygen atoms in total. The maximum Gasteiger partial charge on any atom is 0.176 e. The highest BCUT2D eigenvalue weighted by Crippen LogP contribution is 2.22. The van der Waals surface area contributed by atoms with Crippen molar-refractivity contribution in [3.05, 3.63) is 35.5 Å². The highest BCUT2D eigenvalue weighted by Gasteiger charge is 2.13. The molecule has 0 atom stereocenters. The molecule has 0 saturated carbocycles. The quantitative estimate of drug-likeness (QED) is 0.746. The number of aromatic nitrogens is 1. The molecule has 3 N–H and O–H groups in total. The largest absolute Gasteiger partial charge is 0.352 e. The Morgan fingerprint density at radius 1 is 1.40 bits per heavy atom. The van der Waals surface area contributed by atoms with Gasteiger partial charge in [-0.25, -0.2) is 0 Å². The number of carbonyl (C=O) groups excluding carboxylic acids is 1. The Morgan fingerprint density at radius 3 is 2.80 bits per heavy atom. The summed E-state index contributed by atoms with van der Waals surface area (Å²) < 4.78 is 0. The smallest absolute Gasteiger partial charge is 0.176 e. The van der Waals surface area contributed by atoms with Gasteiger partial charge >= 0.3 is 0 Å². The van der Waals surface area contributed by atoms with Gasteiger partial charge in [-0.1, -0.05) is 18.2 Å². The molecule has 3 heteroatoms. The Kier molecular flexibility index (Phi) is 2.56. The van der Waals surface area contributed by atoms with Crippen LogP contribution in [0, 0.1) is 0 Å². The summed E-state index contributed by atoms with van der Waals surface area (Å²) in [6.07, 6.45) is 0.735. The molecule has 0 fully saturated rings. The molecule has 0 aliphatic carbocycles. The van der Waals surface area contributed by atoms with E-state index in [9.17, 15) is 4.79 Å². The second-order valence-electron chi connectivity index (χ2n) is 3.62. The highest BCUT2D eigenvalue weighted by molar-refractivity contribution is 6.00. The van der Waals surface area contributed by atoms with Crippen LogP contribution in [0.3, 0.4) is 0 Å². The summed E-state index contributed by atoms with van der Waals surface area (Å²) in [4.78, 5) is 14.6. The Bertz CT molecular complexity index is 499. The van der Waals surface area contributed by atoms with E-state index in [-0.39, 0.29) is 5.78 Å². The summed E-state index contributed by atoms with van der Waals surface area (Å²) in [5.74, 6) is 0.0645. The molecule has 15 heavy (non-hydrogen) atoms. The van der Waals surface area contributed by atoms with Gasteiger partial charge < -0.3 is 10.7 Å². The monoisotopic (exact) mass is 202 g/mol. The van der Waals surface area contributed by atoms with Crippen molar-refractivity contribution in [3.63, 3.8) is 0 Å². The summed E-state index contributed by atoms with van der Waals surface area (Å²) >= 11 is 0. The number of para-hydroxylation sites is 1. The van der Waals surface area contributed by atoms with E-state index in [1.54, 1.807) is 6.92 Å². The normalized spacial score (nSPS) is 10.8. The first-order chi connectivity index (χ1) is 7.24. The minimum Gasteiger partial charge on any atom is -0.352 e. The lowest BCUT2D eigenvalue weighted by atomic mass is 10.1. The number of carbonyl (C=O) groups is 1. The fourth-order valence-electron chi connectivity index (χ4n) is 1.90. The first-order valence-corrected chi connectivity index (χ1v) is 5.04. The zero-order valence-corrected chi connectivity index (χ0v) is 8.71. The number of Topliss-reactive ketones (excluding diaryl/α,β-unsaturated/α-hetero) is 1. The van der Waals surface area contributed by atoms with E-state index >= 15 is 0 Å². The third kappa shape index (κ3) is 1.66. The lowest BCUT2D eigenvalue weighted by Crippen LogP contribution is -2.06. The number of nitrogens with one attached hydrogen (secondary N) is 1. The lowest BCUT2D eigenvalue weighted by Gasteiger charge is -1.98. The molecule has 0 spiro atoms. The molecule has 1 aromatic heterocycles. The number of aromatic amines is 1. The third-order valence-electron chi connectivity index (χ3n) is 2.56. The van der Waals surface area contributed by atoms with Gasteiger partial charge in [0.2, 0.25) is 0 Å². The Labute approximate surface area is 88.3 Å². The number of nitrogens with two attached hydrogens (primary N) is 1. The van der Waals surface area contributed by atoms with Crippen LogP contribution in [0.2, 0.25) is 0 Å². The van der Waals surface area contributed by atoms with Crippen molar-refractivity contribution in [1.82, 2.24) is 4.98 Å². The van der Waals surface area contributed by atoms with Crippen molar-refractivity contribution in [2.75, 3.05) is 6.54 Å². The van der Waals surface area contributed by atoms with Crippen LogP contribution in [0.1, 0.15) is 23.0 Å². The molecule has 1 heterocycles. The molecule has 0 amide bonds. The van der Waals surface area contributed by atoms with Crippen molar-refractivity contribution in [2.24, 2.45) is 5.73 Å². The first-order valence-electron chi connectivity index (χ1n) is 5.04. The molecule has 0 radical (unpaired) electrons. The standard InChI is InChI=1S/C12H14N2O/c1-8(15)12-10(6-7-13)9-4-2-3-5-11(9)14-12/h2-5,14H,6-7,13H2,1H3. The van der Waals surface area contributed by atoms with Crippen LogP contribution in [0.25, 0.3) is 10.9 Å². The summed E-state index contributed by atoms with van der Waals surface area (Å²) in [5, 5.41) is 1.10. The summed E-state index contributed by atoms with van der Waals surface area (Å²) in [5.41, 5.74) is 8.30. The molecule has 2 aromatic rings. The molecule has 0 aliphatic heterocycles. The minimum absolute atomic E-state index is 0.0645. The van der Waals surface area contributed by atoms with Crippen LogP contribution in [0.5, 0.6) is 0 Å². The molecule has 78 valence electrons. The molecular weight excluding hydrogens is 188 g/mol. The average molecular weight is 202 g/mol. The number of hydrogen-bond donors (Lipinski definition) is 2. The van der Waals surface area contributed by atoms with Crippen LogP contribution in [-0.2, 0) is 6.42 Å². The van der Waals surface area contributed by atoms with Crippen molar-refractivity contribution in [3.8, 4) is 0 Å². The fourth-order valence-corrected chi connectivity index (χ4v) is 1.90. The first kappa shape index (κ1) is 9.93. The third-order valence-corrected chi connectivity index (χ3v) is 2.56. The van der Waals surface area contributed by atoms with Crippen LogP contribution >= 0.6 is 0 Å². The lowest BCUT2D eigenvalue weighted by molar-refractivity contribution is 0.101. The molecule has 1 aromatic carbocycles. The van der Waals surface area contributed by atoms with Gasteiger partial charge in [0.05, 0.1) is 5.69 Å². The molecule has 0 saturated heterocycles. The van der Waals surface area contributed by atoms with E-state index < -0.39 is 0 Å². The predicted molar refractivity (Wildman–Crippen MR) is 61.1 cm³/mol. The van der Waals surface area contributed by atoms with Gasteiger partial charge in [-0.15, -0.1) is 0 Å². The number of hydrogen-bond acceptors (Lipinski definition) is 2. The summed E-state index contributed by atoms with van der Waals surface area (Å²) in [7, 11) is 0. The Hall–Kier alpha value is -1.61. The van der Waals surface area contributed by atoms with E-state index in [0.717, 1.165) is 22.9 Å². The van der Waals surface area contributed by atoms with Crippen molar-refractivity contribution in [2.45, 2.75) is 13.3 Å². The highest BCUT2D eigenvalue weighted by atomic mass is 16.1. The number of ketones is 1. The minimum atomic E-state index is 0.0645. The van der Waals surface area contributed by atoms with Gasteiger partial charge in [0, 0.05) is 17.8 Å². The number of benzene rings is 1. The second kappa shape index (κ2) is 3.87. The molecular formula is C12H14N2O. The number of H-pyrrole nitrogens is 1. The number of rotatable bonds is 3. The zero-order valence-electron chi connectivity index (χ0n) is 8.71. The van der Waals surface area contributed by atoms with E-state index in [4.69, 9.17) is 5.73 Å². The summed E-state index contributed by atoms with van der Waals surface area (Å²) in [6.45, 7) is 2.13. The topological polar surface area (TPSA) is 58.9 Å². The van der Waals surface area contributed by atoms with E-state index in [1.165, 1.54) is 0 Å². The van der Waals surface area contributed by atoms with Crippen LogP contribution in [-0.4, -0.2) is 17.3 Å². The van der Waals surface area contributed by atoms with Crippen molar-refractivity contribution < 1.29 is 4.79 Å². The molecule has 0 aliphatic rings. The van der Waals surface area contributed by atoms with E-state index in [0.29, 0.717) is 12.2 Å². The fraction of sp³-hybridized carbons (Fsp3) is 0.250. The molecule has 2 rings (SSSR count).